The van der Waals surface area contributed by atoms with Crippen LogP contribution in [0.1, 0.15) is 19.8 Å². The predicted molar refractivity (Wildman–Crippen MR) is 37.1 cm³/mol. The summed E-state index contributed by atoms with van der Waals surface area (Å²) in [5.41, 5.74) is 0. The van der Waals surface area contributed by atoms with E-state index in [4.69, 9.17) is 5.11 Å². The van der Waals surface area contributed by atoms with Gasteiger partial charge >= 0.3 is 0 Å². The van der Waals surface area contributed by atoms with Crippen LogP contribution >= 0.6 is 0 Å². The van der Waals surface area contributed by atoms with E-state index in [0.717, 1.165) is 13.5 Å². The fraction of sp³-hybridized carbons (Fsp3) is 0.833. The summed E-state index contributed by atoms with van der Waals surface area (Å²) in [6.07, 6.45) is 1.58. The lowest BCUT2D eigenvalue weighted by atomic mass is 10.3. The Balaban J connectivity index is 0. The van der Waals surface area contributed by atoms with Crippen LogP contribution in [0.15, 0.2) is 0 Å². The van der Waals surface area contributed by atoms with E-state index in [1.54, 1.807) is 7.05 Å². The molecule has 0 rings (SSSR count). The third kappa shape index (κ3) is 11.2. The van der Waals surface area contributed by atoms with Crippen molar-refractivity contribution in [2.75, 3.05) is 14.2 Å². The molecule has 0 bridgehead atoms. The molecular formula is C6H15NO2. The van der Waals surface area contributed by atoms with E-state index in [0.29, 0.717) is 6.42 Å². The lowest BCUT2D eigenvalue weighted by molar-refractivity contribution is -0.120. The summed E-state index contributed by atoms with van der Waals surface area (Å²) in [7, 11) is 2.65. The second-order valence-electron chi connectivity index (χ2n) is 1.42. The predicted octanol–water partition coefficient (Wildman–Crippen LogP) is 0.141. The Bertz CT molecular complexity index is 64.1. The van der Waals surface area contributed by atoms with Gasteiger partial charge in [0.1, 0.15) is 0 Å². The standard InChI is InChI=1S/C5H11NO.CH4O/c1-3-4-5(7)6-2;1-2/h3-4H2,1-2H3,(H,6,7);2H,1H3. The van der Waals surface area contributed by atoms with Gasteiger partial charge in [0.05, 0.1) is 0 Å². The maximum absolute atomic E-state index is 10.3. The summed E-state index contributed by atoms with van der Waals surface area (Å²) >= 11 is 0. The first-order chi connectivity index (χ1) is 4.31. The minimum absolute atomic E-state index is 0.127. The lowest BCUT2D eigenvalue weighted by Gasteiger charge is -1.91. The van der Waals surface area contributed by atoms with Crippen LogP contribution in [0.5, 0.6) is 0 Å². The van der Waals surface area contributed by atoms with E-state index in [1.165, 1.54) is 0 Å². The third-order valence-corrected chi connectivity index (χ3v) is 0.756. The van der Waals surface area contributed by atoms with Gasteiger partial charge in [0.25, 0.3) is 0 Å². The fourth-order valence-electron chi connectivity index (χ4n) is 0.352. The van der Waals surface area contributed by atoms with Crippen molar-refractivity contribution in [3.63, 3.8) is 0 Å². The van der Waals surface area contributed by atoms with Gasteiger partial charge in [0, 0.05) is 20.6 Å². The van der Waals surface area contributed by atoms with Gasteiger partial charge in [-0.3, -0.25) is 4.79 Å². The Kier molecular flexibility index (Phi) is 13.0. The summed E-state index contributed by atoms with van der Waals surface area (Å²) in [5, 5.41) is 9.53. The molecule has 0 spiro atoms. The van der Waals surface area contributed by atoms with Gasteiger partial charge in [-0.05, 0) is 6.42 Å². The average Bonchev–Trinajstić information content (AvgIpc) is 1.93. The molecule has 0 aromatic carbocycles. The maximum atomic E-state index is 10.3. The number of rotatable bonds is 2. The molecule has 0 aliphatic heterocycles. The summed E-state index contributed by atoms with van der Waals surface area (Å²) in [4.78, 5) is 10.3. The van der Waals surface area contributed by atoms with Crippen LogP contribution in [0.2, 0.25) is 0 Å². The first-order valence-electron chi connectivity index (χ1n) is 2.96. The molecule has 56 valence electrons. The minimum atomic E-state index is 0.127. The van der Waals surface area contributed by atoms with E-state index >= 15 is 0 Å². The number of hydrogen-bond donors (Lipinski definition) is 2. The summed E-state index contributed by atoms with van der Waals surface area (Å²) in [6.45, 7) is 1.98. The van der Waals surface area contributed by atoms with Crippen molar-refractivity contribution in [3.8, 4) is 0 Å². The van der Waals surface area contributed by atoms with Crippen LogP contribution in [-0.4, -0.2) is 25.2 Å². The quantitative estimate of drug-likeness (QED) is 0.563. The van der Waals surface area contributed by atoms with E-state index in [2.05, 4.69) is 5.32 Å². The van der Waals surface area contributed by atoms with Crippen LogP contribution in [0.3, 0.4) is 0 Å². The van der Waals surface area contributed by atoms with Gasteiger partial charge in [0.2, 0.25) is 5.91 Å². The Hall–Kier alpha value is -0.570. The maximum Gasteiger partial charge on any atom is 0.219 e. The number of aliphatic hydroxyl groups excluding tert-OH is 1. The summed E-state index contributed by atoms with van der Waals surface area (Å²) in [5.74, 6) is 0.127. The molecule has 0 saturated heterocycles. The summed E-state index contributed by atoms with van der Waals surface area (Å²) < 4.78 is 0. The fourth-order valence-corrected chi connectivity index (χ4v) is 0.352. The van der Waals surface area contributed by atoms with Crippen molar-refractivity contribution >= 4 is 5.91 Å². The van der Waals surface area contributed by atoms with E-state index in [-0.39, 0.29) is 5.91 Å². The second kappa shape index (κ2) is 10.4. The molecule has 3 nitrogen and oxygen atoms in total. The topological polar surface area (TPSA) is 49.3 Å². The third-order valence-electron chi connectivity index (χ3n) is 0.756. The van der Waals surface area contributed by atoms with Crippen molar-refractivity contribution in [1.29, 1.82) is 0 Å². The van der Waals surface area contributed by atoms with Gasteiger partial charge in [-0.1, -0.05) is 6.92 Å². The van der Waals surface area contributed by atoms with Gasteiger partial charge in [-0.25, -0.2) is 0 Å². The molecule has 0 aliphatic rings. The average molecular weight is 133 g/mol. The molecule has 3 heteroatoms. The number of amides is 1. The van der Waals surface area contributed by atoms with Crippen LogP contribution in [-0.2, 0) is 4.79 Å². The zero-order valence-electron chi connectivity index (χ0n) is 6.27. The largest absolute Gasteiger partial charge is 0.400 e. The first kappa shape index (κ1) is 11.3. The monoisotopic (exact) mass is 133 g/mol. The Morgan fingerprint density at radius 3 is 2.11 bits per heavy atom. The molecule has 0 aromatic heterocycles. The van der Waals surface area contributed by atoms with Crippen LogP contribution in [0.4, 0.5) is 0 Å². The molecule has 0 heterocycles. The molecule has 0 atom stereocenters. The number of nitrogens with one attached hydrogen (secondary N) is 1. The molecule has 0 fully saturated rings. The molecule has 0 saturated carbocycles. The van der Waals surface area contributed by atoms with Crippen LogP contribution < -0.4 is 5.32 Å². The molecule has 0 radical (unpaired) electrons. The zero-order chi connectivity index (χ0) is 7.70. The molecule has 0 aromatic rings. The number of carbonyl (C=O) groups is 1. The van der Waals surface area contributed by atoms with Gasteiger partial charge in [0.15, 0.2) is 0 Å². The molecule has 0 unspecified atom stereocenters. The van der Waals surface area contributed by atoms with Crippen molar-refractivity contribution in [1.82, 2.24) is 5.32 Å². The van der Waals surface area contributed by atoms with E-state index in [9.17, 15) is 4.79 Å². The number of aliphatic hydroxyl groups is 1. The van der Waals surface area contributed by atoms with Crippen molar-refractivity contribution in [2.45, 2.75) is 19.8 Å². The molecule has 0 aliphatic carbocycles. The van der Waals surface area contributed by atoms with Gasteiger partial charge in [-0.2, -0.15) is 0 Å². The lowest BCUT2D eigenvalue weighted by Crippen LogP contribution is -2.16. The SMILES string of the molecule is CCCC(=O)NC.CO. The Morgan fingerprint density at radius 2 is 2.00 bits per heavy atom. The Morgan fingerprint density at radius 1 is 1.56 bits per heavy atom. The van der Waals surface area contributed by atoms with Gasteiger partial charge < -0.3 is 10.4 Å². The van der Waals surface area contributed by atoms with Crippen molar-refractivity contribution in [3.05, 3.63) is 0 Å². The van der Waals surface area contributed by atoms with Crippen molar-refractivity contribution in [2.24, 2.45) is 0 Å². The minimum Gasteiger partial charge on any atom is -0.400 e. The normalized spacial score (nSPS) is 7.11. The summed E-state index contributed by atoms with van der Waals surface area (Å²) in [6, 6.07) is 0. The number of hydrogen-bond acceptors (Lipinski definition) is 2. The molecular weight excluding hydrogens is 118 g/mol. The molecule has 2 N–H and O–H groups in total. The van der Waals surface area contributed by atoms with Crippen LogP contribution in [0, 0.1) is 0 Å². The van der Waals surface area contributed by atoms with Crippen molar-refractivity contribution < 1.29 is 9.90 Å². The van der Waals surface area contributed by atoms with E-state index < -0.39 is 0 Å². The van der Waals surface area contributed by atoms with Crippen LogP contribution in [0.25, 0.3) is 0 Å². The zero-order valence-corrected chi connectivity index (χ0v) is 6.27. The van der Waals surface area contributed by atoms with E-state index in [1.807, 2.05) is 6.92 Å². The molecule has 9 heavy (non-hydrogen) atoms. The Labute approximate surface area is 56.1 Å². The highest BCUT2D eigenvalue weighted by Gasteiger charge is 1.89. The highest BCUT2D eigenvalue weighted by atomic mass is 16.2. The first-order valence-corrected chi connectivity index (χ1v) is 2.96. The van der Waals surface area contributed by atoms with Gasteiger partial charge in [-0.15, -0.1) is 0 Å². The smallest absolute Gasteiger partial charge is 0.219 e. The molecule has 1 amide bonds. The highest BCUT2D eigenvalue weighted by Crippen LogP contribution is 1.82. The highest BCUT2D eigenvalue weighted by molar-refractivity contribution is 5.75. The second-order valence-corrected chi connectivity index (χ2v) is 1.42. The number of carbonyl (C=O) groups excluding carboxylic acids is 1.